The maximum Gasteiger partial charge on any atom is 0.193 e. The van der Waals surface area contributed by atoms with E-state index in [0.29, 0.717) is 5.56 Å². The van der Waals surface area contributed by atoms with Gasteiger partial charge in [-0.05, 0) is 50.8 Å². The molecule has 2 aromatic rings. The minimum atomic E-state index is -1.35. The summed E-state index contributed by atoms with van der Waals surface area (Å²) in [5.41, 5.74) is 2.77. The van der Waals surface area contributed by atoms with Crippen molar-refractivity contribution in [3.8, 4) is 11.1 Å². The van der Waals surface area contributed by atoms with Gasteiger partial charge in [0.25, 0.3) is 0 Å². The van der Waals surface area contributed by atoms with Gasteiger partial charge in [-0.1, -0.05) is 48.5 Å². The van der Waals surface area contributed by atoms with Crippen molar-refractivity contribution in [2.45, 2.75) is 45.3 Å². The minimum absolute atomic E-state index is 0.102. The van der Waals surface area contributed by atoms with Crippen LogP contribution in [-0.4, -0.2) is 53.2 Å². The summed E-state index contributed by atoms with van der Waals surface area (Å²) in [7, 11) is 0. The van der Waals surface area contributed by atoms with E-state index in [1.807, 2.05) is 12.1 Å². The van der Waals surface area contributed by atoms with Gasteiger partial charge in [0.05, 0.1) is 13.2 Å². The predicted molar refractivity (Wildman–Crippen MR) is 113 cm³/mol. The van der Waals surface area contributed by atoms with Gasteiger partial charge in [0.2, 0.25) is 0 Å². The van der Waals surface area contributed by atoms with Crippen LogP contribution < -0.4 is 0 Å². The monoisotopic (exact) mass is 381 g/mol. The lowest BCUT2D eigenvalue weighted by Crippen LogP contribution is -2.51. The lowest BCUT2D eigenvalue weighted by atomic mass is 9.91. The highest BCUT2D eigenvalue weighted by atomic mass is 16.5. The average Bonchev–Trinajstić information content (AvgIpc) is 2.68. The summed E-state index contributed by atoms with van der Waals surface area (Å²) >= 11 is 0. The molecule has 1 saturated heterocycles. The minimum Gasteiger partial charge on any atom is -0.382 e. The predicted octanol–water partition coefficient (Wildman–Crippen LogP) is 3.96. The zero-order valence-electron chi connectivity index (χ0n) is 17.4. The molecule has 3 rings (SSSR count). The highest BCUT2D eigenvalue weighted by Gasteiger charge is 2.28. The van der Waals surface area contributed by atoms with Gasteiger partial charge >= 0.3 is 0 Å². The summed E-state index contributed by atoms with van der Waals surface area (Å²) in [5.74, 6) is -0.264. The normalized spacial score (nSPS) is 16.2. The molecule has 0 aromatic heterocycles. The summed E-state index contributed by atoms with van der Waals surface area (Å²) in [4.78, 5) is 14.7. The number of carbonyl (C=O) groups excluding carboxylic acids is 1. The fourth-order valence-corrected chi connectivity index (χ4v) is 3.76. The van der Waals surface area contributed by atoms with Gasteiger partial charge in [0.15, 0.2) is 5.78 Å². The van der Waals surface area contributed by atoms with Gasteiger partial charge in [-0.3, -0.25) is 9.69 Å². The van der Waals surface area contributed by atoms with Crippen LogP contribution in [0.2, 0.25) is 0 Å². The molecular formula is C24H31NO3. The lowest BCUT2D eigenvalue weighted by Gasteiger charge is -2.41. The summed E-state index contributed by atoms with van der Waals surface area (Å²) in [6.07, 6.45) is 0.992. The number of aliphatic hydroxyl groups is 1. The fraction of sp³-hybridized carbons (Fsp3) is 0.458. The number of ether oxygens (including phenoxy) is 1. The Balaban J connectivity index is 1.69. The van der Waals surface area contributed by atoms with Crippen LogP contribution in [0.25, 0.3) is 11.1 Å². The molecule has 4 nitrogen and oxygen atoms in total. The molecule has 1 N–H and O–H groups in total. The average molecular weight is 382 g/mol. The zero-order chi connectivity index (χ0) is 20.4. The molecule has 0 spiro atoms. The third-order valence-electron chi connectivity index (χ3n) is 5.49. The molecule has 150 valence electrons. The number of hydrogen-bond donors (Lipinski definition) is 1. The smallest absolute Gasteiger partial charge is 0.193 e. The Bertz CT molecular complexity index is 795. The van der Waals surface area contributed by atoms with E-state index in [-0.39, 0.29) is 11.3 Å². The number of ketones is 1. The van der Waals surface area contributed by atoms with E-state index >= 15 is 0 Å². The third kappa shape index (κ3) is 4.88. The van der Waals surface area contributed by atoms with Crippen molar-refractivity contribution in [1.29, 1.82) is 0 Å². The Morgan fingerprint density at radius 2 is 1.43 bits per heavy atom. The Morgan fingerprint density at radius 3 is 1.93 bits per heavy atom. The second kappa shape index (κ2) is 8.16. The van der Waals surface area contributed by atoms with E-state index < -0.39 is 5.60 Å². The first-order valence-electron chi connectivity index (χ1n) is 9.96. The van der Waals surface area contributed by atoms with E-state index in [4.69, 9.17) is 4.74 Å². The first kappa shape index (κ1) is 20.7. The maximum absolute atomic E-state index is 12.2. The van der Waals surface area contributed by atoms with Gasteiger partial charge in [-0.25, -0.2) is 0 Å². The van der Waals surface area contributed by atoms with Crippen molar-refractivity contribution in [1.82, 2.24) is 4.90 Å². The summed E-state index contributed by atoms with van der Waals surface area (Å²) < 4.78 is 5.47. The van der Waals surface area contributed by atoms with E-state index in [0.717, 1.165) is 43.9 Å². The summed E-state index contributed by atoms with van der Waals surface area (Å²) in [5, 5.41) is 9.88. The van der Waals surface area contributed by atoms with Crippen LogP contribution in [-0.2, 0) is 11.2 Å². The second-order valence-electron chi connectivity index (χ2n) is 8.75. The third-order valence-corrected chi connectivity index (χ3v) is 5.49. The molecule has 1 fully saturated rings. The van der Waals surface area contributed by atoms with E-state index in [9.17, 15) is 9.90 Å². The lowest BCUT2D eigenvalue weighted by molar-refractivity contribution is -0.00984. The molecule has 4 heteroatoms. The number of hydrogen-bond acceptors (Lipinski definition) is 4. The first-order chi connectivity index (χ1) is 13.2. The summed E-state index contributed by atoms with van der Waals surface area (Å²) in [6, 6.07) is 16.1. The number of morpholine rings is 1. The molecule has 0 radical (unpaired) electrons. The molecule has 0 saturated carbocycles. The van der Waals surface area contributed by atoms with Crippen molar-refractivity contribution in [2.75, 3.05) is 26.3 Å². The molecule has 0 amide bonds. The molecular weight excluding hydrogens is 350 g/mol. The molecule has 0 unspecified atom stereocenters. The van der Waals surface area contributed by atoms with Crippen LogP contribution in [0, 0.1) is 0 Å². The first-order valence-corrected chi connectivity index (χ1v) is 9.96. The molecule has 1 heterocycles. The summed E-state index contributed by atoms with van der Waals surface area (Å²) in [6.45, 7) is 11.2. The Hall–Kier alpha value is -2.01. The maximum atomic E-state index is 12.2. The van der Waals surface area contributed by atoms with Crippen molar-refractivity contribution < 1.29 is 14.6 Å². The Labute approximate surface area is 168 Å². The van der Waals surface area contributed by atoms with Crippen LogP contribution in [0.3, 0.4) is 0 Å². The van der Waals surface area contributed by atoms with E-state index in [1.54, 1.807) is 12.1 Å². The Morgan fingerprint density at radius 1 is 0.929 bits per heavy atom. The van der Waals surface area contributed by atoms with E-state index in [2.05, 4.69) is 43.0 Å². The van der Waals surface area contributed by atoms with E-state index in [1.165, 1.54) is 19.4 Å². The molecule has 0 aliphatic carbocycles. The zero-order valence-corrected chi connectivity index (χ0v) is 17.4. The van der Waals surface area contributed by atoms with Gasteiger partial charge in [0.1, 0.15) is 5.60 Å². The number of nitrogens with zero attached hydrogens (tertiary/aromatic N) is 1. The quantitative estimate of drug-likeness (QED) is 0.770. The van der Waals surface area contributed by atoms with Crippen LogP contribution >= 0.6 is 0 Å². The molecule has 1 aliphatic rings. The number of Topliss-reactive ketones (excluding diaryl/α,β-unsaturated/α-hetero) is 1. The molecule has 0 atom stereocenters. The highest BCUT2D eigenvalue weighted by Crippen LogP contribution is 2.25. The molecule has 28 heavy (non-hydrogen) atoms. The molecule has 1 aliphatic heterocycles. The largest absolute Gasteiger partial charge is 0.382 e. The van der Waals surface area contributed by atoms with Gasteiger partial charge in [-0.2, -0.15) is 0 Å². The highest BCUT2D eigenvalue weighted by molar-refractivity contribution is 6.02. The van der Waals surface area contributed by atoms with Crippen molar-refractivity contribution in [2.24, 2.45) is 0 Å². The molecule has 0 bridgehead atoms. The van der Waals surface area contributed by atoms with Gasteiger partial charge in [0, 0.05) is 24.2 Å². The number of carbonyl (C=O) groups is 1. The van der Waals surface area contributed by atoms with Crippen molar-refractivity contribution in [3.63, 3.8) is 0 Å². The van der Waals surface area contributed by atoms with Crippen molar-refractivity contribution in [3.05, 3.63) is 59.7 Å². The number of benzene rings is 2. The fourth-order valence-electron chi connectivity index (χ4n) is 3.76. The standard InChI is InChI=1S/C24H31NO3/c1-23(2,25-13-15-28-16-14-25)17-18-5-7-19(8-6-18)20-9-11-21(12-10-20)22(26)24(3,4)27/h5-12,27H,13-17H2,1-4H3. The van der Waals surface area contributed by atoms with Crippen LogP contribution in [0.15, 0.2) is 48.5 Å². The van der Waals surface area contributed by atoms with Gasteiger partial charge in [-0.15, -0.1) is 0 Å². The SMILES string of the molecule is CC(C)(O)C(=O)c1ccc(-c2ccc(CC(C)(C)N3CCOCC3)cc2)cc1. The number of rotatable bonds is 6. The van der Waals surface area contributed by atoms with Crippen LogP contribution in [0.1, 0.15) is 43.6 Å². The van der Waals surface area contributed by atoms with Crippen LogP contribution in [0.5, 0.6) is 0 Å². The van der Waals surface area contributed by atoms with Crippen LogP contribution in [0.4, 0.5) is 0 Å². The molecule has 2 aromatic carbocycles. The second-order valence-corrected chi connectivity index (χ2v) is 8.75. The Kier molecular flexibility index (Phi) is 6.04. The van der Waals surface area contributed by atoms with Crippen molar-refractivity contribution >= 4 is 5.78 Å². The topological polar surface area (TPSA) is 49.8 Å². The van der Waals surface area contributed by atoms with Gasteiger partial charge < -0.3 is 9.84 Å².